The first-order valence-electron chi connectivity index (χ1n) is 8.47. The van der Waals surface area contributed by atoms with Gasteiger partial charge in [0.05, 0.1) is 23.2 Å². The van der Waals surface area contributed by atoms with Crippen molar-refractivity contribution >= 4 is 11.6 Å². The van der Waals surface area contributed by atoms with Crippen molar-refractivity contribution in [3.63, 3.8) is 0 Å². The molecule has 1 aliphatic rings. The van der Waals surface area contributed by atoms with E-state index in [9.17, 15) is 10.1 Å². The number of hydrogen-bond donors (Lipinski definition) is 1. The van der Waals surface area contributed by atoms with E-state index in [1.807, 2.05) is 43.0 Å². The van der Waals surface area contributed by atoms with E-state index in [1.165, 1.54) is 0 Å². The first-order chi connectivity index (χ1) is 11.9. The summed E-state index contributed by atoms with van der Waals surface area (Å²) < 4.78 is 0. The minimum Gasteiger partial charge on any atom is -0.397 e. The summed E-state index contributed by atoms with van der Waals surface area (Å²) in [4.78, 5) is 18.9. The molecule has 2 heterocycles. The third kappa shape index (κ3) is 3.20. The first-order valence-corrected chi connectivity index (χ1v) is 8.47. The summed E-state index contributed by atoms with van der Waals surface area (Å²) in [6.45, 7) is 4.50. The van der Waals surface area contributed by atoms with Gasteiger partial charge < -0.3 is 10.6 Å². The molecule has 128 valence electrons. The van der Waals surface area contributed by atoms with Gasteiger partial charge >= 0.3 is 0 Å². The Morgan fingerprint density at radius 3 is 2.68 bits per heavy atom. The van der Waals surface area contributed by atoms with E-state index in [4.69, 9.17) is 5.73 Å². The van der Waals surface area contributed by atoms with Crippen molar-refractivity contribution in [3.05, 3.63) is 59.4 Å². The van der Waals surface area contributed by atoms with Crippen LogP contribution in [0.4, 0.5) is 5.69 Å². The Kier molecular flexibility index (Phi) is 4.45. The maximum atomic E-state index is 12.9. The minimum atomic E-state index is -0.522. The zero-order valence-corrected chi connectivity index (χ0v) is 14.6. The lowest BCUT2D eigenvalue weighted by molar-refractivity contribution is 0.0731. The summed E-state index contributed by atoms with van der Waals surface area (Å²) in [5.74, 6) is -0.123. The van der Waals surface area contributed by atoms with Gasteiger partial charge in [-0.2, -0.15) is 5.26 Å². The average molecular weight is 334 g/mol. The predicted molar refractivity (Wildman–Crippen MR) is 96.7 cm³/mol. The molecule has 1 aromatic heterocycles. The average Bonchev–Trinajstić information content (AvgIpc) is 3.11. The SMILES string of the molecule is CC(C)(C#N)c1ccc([C@H]2CCCN2C(=O)c2ncccc2N)cc1. The van der Waals surface area contributed by atoms with Crippen LogP contribution in [-0.4, -0.2) is 22.3 Å². The third-order valence-corrected chi connectivity index (χ3v) is 4.85. The van der Waals surface area contributed by atoms with Crippen molar-refractivity contribution in [2.75, 3.05) is 12.3 Å². The number of likely N-dealkylation sites (tertiary alicyclic amines) is 1. The van der Waals surface area contributed by atoms with Gasteiger partial charge in [-0.25, -0.2) is 4.98 Å². The van der Waals surface area contributed by atoms with Gasteiger partial charge in [0.1, 0.15) is 0 Å². The highest BCUT2D eigenvalue weighted by molar-refractivity contribution is 5.97. The van der Waals surface area contributed by atoms with E-state index in [1.54, 1.807) is 18.3 Å². The van der Waals surface area contributed by atoms with E-state index < -0.39 is 5.41 Å². The van der Waals surface area contributed by atoms with Gasteiger partial charge in [0, 0.05) is 12.7 Å². The van der Waals surface area contributed by atoms with Gasteiger partial charge in [-0.15, -0.1) is 0 Å². The summed E-state index contributed by atoms with van der Waals surface area (Å²) in [6.07, 6.45) is 3.46. The molecule has 1 saturated heterocycles. The Hall–Kier alpha value is -2.87. The van der Waals surface area contributed by atoms with Crippen molar-refractivity contribution in [2.24, 2.45) is 0 Å². The second kappa shape index (κ2) is 6.56. The molecule has 0 radical (unpaired) electrons. The highest BCUT2D eigenvalue weighted by Gasteiger charge is 2.32. The predicted octanol–water partition coefficient (Wildman–Crippen LogP) is 3.44. The Morgan fingerprint density at radius 2 is 2.04 bits per heavy atom. The number of nitrogens with two attached hydrogens (primary N) is 1. The van der Waals surface area contributed by atoms with Gasteiger partial charge in [0.15, 0.2) is 5.69 Å². The Morgan fingerprint density at radius 1 is 1.32 bits per heavy atom. The maximum Gasteiger partial charge on any atom is 0.275 e. The molecule has 0 unspecified atom stereocenters. The summed E-state index contributed by atoms with van der Waals surface area (Å²) in [5, 5.41) is 9.27. The monoisotopic (exact) mass is 334 g/mol. The molecule has 5 heteroatoms. The minimum absolute atomic E-state index is 0.0214. The molecule has 2 N–H and O–H groups in total. The summed E-state index contributed by atoms with van der Waals surface area (Å²) in [6, 6.07) is 13.8. The van der Waals surface area contributed by atoms with Crippen molar-refractivity contribution in [3.8, 4) is 6.07 Å². The van der Waals surface area contributed by atoms with Gasteiger partial charge in [-0.05, 0) is 49.9 Å². The molecule has 0 aliphatic carbocycles. The molecule has 1 aromatic carbocycles. The Bertz CT molecular complexity index is 820. The molecule has 0 bridgehead atoms. The third-order valence-electron chi connectivity index (χ3n) is 4.85. The topological polar surface area (TPSA) is 83.0 Å². The lowest BCUT2D eigenvalue weighted by atomic mass is 9.85. The number of nitriles is 1. The van der Waals surface area contributed by atoms with E-state index in [-0.39, 0.29) is 11.9 Å². The standard InChI is InChI=1S/C20H22N4O/c1-20(2,13-21)15-9-7-14(8-10-15)17-6-4-12-24(17)19(25)18-16(22)5-3-11-23-18/h3,5,7-11,17H,4,6,12,22H2,1-2H3/t17-/m1/s1. The highest BCUT2D eigenvalue weighted by Crippen LogP contribution is 2.34. The van der Waals surface area contributed by atoms with Crippen molar-refractivity contribution in [1.29, 1.82) is 5.26 Å². The molecule has 1 amide bonds. The molecule has 3 rings (SSSR count). The molecular weight excluding hydrogens is 312 g/mol. The second-order valence-electron chi connectivity index (χ2n) is 6.96. The van der Waals surface area contributed by atoms with Crippen LogP contribution in [0, 0.1) is 11.3 Å². The lowest BCUT2D eigenvalue weighted by Crippen LogP contribution is -2.31. The number of benzene rings is 1. The number of pyridine rings is 1. The number of amides is 1. The molecule has 1 atom stereocenters. The molecule has 1 aliphatic heterocycles. The van der Waals surface area contributed by atoms with Gasteiger partial charge in [0.2, 0.25) is 0 Å². The van der Waals surface area contributed by atoms with Crippen LogP contribution in [0.2, 0.25) is 0 Å². The fourth-order valence-electron chi connectivity index (χ4n) is 3.28. The van der Waals surface area contributed by atoms with Crippen LogP contribution in [-0.2, 0) is 5.41 Å². The molecular formula is C20H22N4O. The fraction of sp³-hybridized carbons (Fsp3) is 0.350. The van der Waals surface area contributed by atoms with E-state index in [2.05, 4.69) is 11.1 Å². The summed E-state index contributed by atoms with van der Waals surface area (Å²) in [7, 11) is 0. The van der Waals surface area contributed by atoms with Crippen molar-refractivity contribution in [2.45, 2.75) is 38.1 Å². The number of carbonyl (C=O) groups is 1. The molecule has 1 fully saturated rings. The molecule has 25 heavy (non-hydrogen) atoms. The smallest absolute Gasteiger partial charge is 0.275 e. The number of nitrogens with zero attached hydrogens (tertiary/aromatic N) is 3. The molecule has 5 nitrogen and oxygen atoms in total. The fourth-order valence-corrected chi connectivity index (χ4v) is 3.28. The number of carbonyl (C=O) groups excluding carboxylic acids is 1. The number of anilines is 1. The first kappa shape index (κ1) is 17.0. The van der Waals surface area contributed by atoms with Crippen LogP contribution < -0.4 is 5.73 Å². The zero-order valence-electron chi connectivity index (χ0n) is 14.6. The second-order valence-corrected chi connectivity index (χ2v) is 6.96. The van der Waals surface area contributed by atoms with Crippen molar-refractivity contribution < 1.29 is 4.79 Å². The van der Waals surface area contributed by atoms with E-state index in [0.717, 1.165) is 24.0 Å². The Labute approximate surface area is 148 Å². The van der Waals surface area contributed by atoms with Crippen LogP contribution in [0.3, 0.4) is 0 Å². The van der Waals surface area contributed by atoms with Crippen LogP contribution in [0.5, 0.6) is 0 Å². The lowest BCUT2D eigenvalue weighted by Gasteiger charge is -2.26. The van der Waals surface area contributed by atoms with Crippen LogP contribution in [0.15, 0.2) is 42.6 Å². The van der Waals surface area contributed by atoms with Crippen molar-refractivity contribution in [1.82, 2.24) is 9.88 Å². The van der Waals surface area contributed by atoms with Crippen LogP contribution >= 0.6 is 0 Å². The van der Waals surface area contributed by atoms with Gasteiger partial charge in [0.25, 0.3) is 5.91 Å². The van der Waals surface area contributed by atoms with Crippen LogP contribution in [0.1, 0.15) is 54.3 Å². The Balaban J connectivity index is 1.86. The zero-order chi connectivity index (χ0) is 18.0. The number of rotatable bonds is 3. The summed E-state index contributed by atoms with van der Waals surface area (Å²) in [5.41, 5.74) is 8.17. The van der Waals surface area contributed by atoms with E-state index >= 15 is 0 Å². The summed E-state index contributed by atoms with van der Waals surface area (Å²) >= 11 is 0. The number of aromatic nitrogens is 1. The number of hydrogen-bond acceptors (Lipinski definition) is 4. The van der Waals surface area contributed by atoms with Gasteiger partial charge in [-0.3, -0.25) is 4.79 Å². The maximum absolute atomic E-state index is 12.9. The number of nitrogen functional groups attached to an aromatic ring is 1. The normalized spacial score (nSPS) is 17.3. The highest BCUT2D eigenvalue weighted by atomic mass is 16.2. The van der Waals surface area contributed by atoms with Crippen LogP contribution in [0.25, 0.3) is 0 Å². The molecule has 0 spiro atoms. The molecule has 0 saturated carbocycles. The quantitative estimate of drug-likeness (QED) is 0.932. The molecule has 2 aromatic rings. The van der Waals surface area contributed by atoms with E-state index in [0.29, 0.717) is 17.9 Å². The van der Waals surface area contributed by atoms with Gasteiger partial charge in [-0.1, -0.05) is 24.3 Å². The largest absolute Gasteiger partial charge is 0.397 e.